The summed E-state index contributed by atoms with van der Waals surface area (Å²) in [5.41, 5.74) is 0.386. The third-order valence-corrected chi connectivity index (χ3v) is 3.55. The highest BCUT2D eigenvalue weighted by atomic mass is 16.3. The molecule has 0 spiro atoms. The lowest BCUT2D eigenvalue weighted by Gasteiger charge is -2.41. The molecule has 1 aliphatic rings. The van der Waals surface area contributed by atoms with Crippen LogP contribution in [0.15, 0.2) is 0 Å². The molecule has 1 aliphatic carbocycles. The van der Waals surface area contributed by atoms with Gasteiger partial charge >= 0.3 is 0 Å². The molecule has 0 aromatic carbocycles. The second-order valence-corrected chi connectivity index (χ2v) is 6.12. The maximum absolute atomic E-state index is 9.31. The number of hydrogen-bond acceptors (Lipinski definition) is 2. The maximum atomic E-state index is 9.31. The van der Waals surface area contributed by atoms with Crippen LogP contribution < -0.4 is 5.32 Å². The lowest BCUT2D eigenvalue weighted by atomic mass is 9.69. The van der Waals surface area contributed by atoms with E-state index in [2.05, 4.69) is 26.1 Å². The fourth-order valence-corrected chi connectivity index (χ4v) is 2.73. The van der Waals surface area contributed by atoms with Gasteiger partial charge in [-0.1, -0.05) is 33.6 Å². The summed E-state index contributed by atoms with van der Waals surface area (Å²) in [5.74, 6) is 0.755. The van der Waals surface area contributed by atoms with Crippen molar-refractivity contribution in [2.45, 2.75) is 65.5 Å². The fourth-order valence-electron chi connectivity index (χ4n) is 2.73. The molecule has 90 valence electrons. The van der Waals surface area contributed by atoms with Gasteiger partial charge in [0, 0.05) is 12.6 Å². The average molecular weight is 213 g/mol. The maximum Gasteiger partial charge on any atom is 0.0636 e. The number of rotatable bonds is 3. The Morgan fingerprint density at radius 3 is 2.40 bits per heavy atom. The summed E-state index contributed by atoms with van der Waals surface area (Å²) < 4.78 is 0. The summed E-state index contributed by atoms with van der Waals surface area (Å²) in [5, 5.41) is 12.8. The van der Waals surface area contributed by atoms with E-state index in [-0.39, 0.29) is 6.10 Å². The fraction of sp³-hybridized carbons (Fsp3) is 1.00. The van der Waals surface area contributed by atoms with Crippen LogP contribution in [0.3, 0.4) is 0 Å². The first kappa shape index (κ1) is 13.0. The smallest absolute Gasteiger partial charge is 0.0636 e. The van der Waals surface area contributed by atoms with Crippen LogP contribution in [0, 0.1) is 11.3 Å². The topological polar surface area (TPSA) is 32.3 Å². The zero-order chi connectivity index (χ0) is 11.5. The molecular weight excluding hydrogens is 186 g/mol. The van der Waals surface area contributed by atoms with Crippen molar-refractivity contribution in [2.75, 3.05) is 6.54 Å². The van der Waals surface area contributed by atoms with Gasteiger partial charge in [0.15, 0.2) is 0 Å². The van der Waals surface area contributed by atoms with Crippen LogP contribution >= 0.6 is 0 Å². The van der Waals surface area contributed by atoms with Crippen molar-refractivity contribution in [3.63, 3.8) is 0 Å². The first-order chi connectivity index (χ1) is 6.91. The van der Waals surface area contributed by atoms with Gasteiger partial charge in [0.1, 0.15) is 0 Å². The van der Waals surface area contributed by atoms with Gasteiger partial charge in [-0.05, 0) is 31.1 Å². The number of nitrogens with one attached hydrogen (secondary N) is 1. The zero-order valence-corrected chi connectivity index (χ0v) is 10.7. The van der Waals surface area contributed by atoms with Crippen molar-refractivity contribution < 1.29 is 5.11 Å². The van der Waals surface area contributed by atoms with Crippen molar-refractivity contribution in [2.24, 2.45) is 11.3 Å². The van der Waals surface area contributed by atoms with E-state index in [1.165, 1.54) is 25.7 Å². The molecule has 3 atom stereocenters. The predicted octanol–water partition coefficient (Wildman–Crippen LogP) is 2.56. The average Bonchev–Trinajstić information content (AvgIpc) is 2.13. The highest BCUT2D eigenvalue weighted by molar-refractivity contribution is 4.88. The molecule has 15 heavy (non-hydrogen) atoms. The highest BCUT2D eigenvalue weighted by Gasteiger charge is 2.33. The molecule has 0 radical (unpaired) electrons. The summed E-state index contributed by atoms with van der Waals surface area (Å²) in [6.45, 7) is 9.58. The summed E-state index contributed by atoms with van der Waals surface area (Å²) in [7, 11) is 0. The van der Waals surface area contributed by atoms with E-state index in [0.717, 1.165) is 12.5 Å². The van der Waals surface area contributed by atoms with Crippen LogP contribution in [0.5, 0.6) is 0 Å². The number of hydrogen-bond donors (Lipinski definition) is 2. The molecule has 0 aromatic heterocycles. The van der Waals surface area contributed by atoms with Gasteiger partial charge in [-0.3, -0.25) is 0 Å². The Morgan fingerprint density at radius 1 is 1.27 bits per heavy atom. The Kier molecular flexibility index (Phi) is 4.60. The molecular formula is C13H27NO. The summed E-state index contributed by atoms with van der Waals surface area (Å²) in [4.78, 5) is 0. The largest absolute Gasteiger partial charge is 0.392 e. The second kappa shape index (κ2) is 5.31. The first-order valence-corrected chi connectivity index (χ1v) is 6.32. The van der Waals surface area contributed by atoms with Crippen molar-refractivity contribution in [3.05, 3.63) is 0 Å². The van der Waals surface area contributed by atoms with E-state index in [0.29, 0.717) is 11.5 Å². The summed E-state index contributed by atoms with van der Waals surface area (Å²) in [6, 6.07) is 0.605. The normalized spacial score (nSPS) is 30.2. The van der Waals surface area contributed by atoms with Crippen molar-refractivity contribution >= 4 is 0 Å². The van der Waals surface area contributed by atoms with Gasteiger partial charge in [-0.25, -0.2) is 0 Å². The lowest BCUT2D eigenvalue weighted by molar-refractivity contribution is 0.114. The van der Waals surface area contributed by atoms with E-state index in [4.69, 9.17) is 0 Å². The molecule has 1 rings (SSSR count). The standard InChI is InChI=1S/C13H27NO/c1-10(15)9-14-12-8-6-5-7-11(12)13(2,3)4/h10-12,14-15H,5-9H2,1-4H3/t10-,11+,12+/m0/s1. The summed E-state index contributed by atoms with van der Waals surface area (Å²) in [6.07, 6.45) is 5.08. The molecule has 0 amide bonds. The monoisotopic (exact) mass is 213 g/mol. The Morgan fingerprint density at radius 2 is 1.87 bits per heavy atom. The Hall–Kier alpha value is -0.0800. The van der Waals surface area contributed by atoms with Crippen molar-refractivity contribution in [1.29, 1.82) is 0 Å². The molecule has 0 bridgehead atoms. The molecule has 1 saturated carbocycles. The molecule has 2 heteroatoms. The number of aliphatic hydroxyl groups is 1. The van der Waals surface area contributed by atoms with Crippen LogP contribution in [0.2, 0.25) is 0 Å². The third-order valence-electron chi connectivity index (χ3n) is 3.55. The molecule has 0 unspecified atom stereocenters. The van der Waals surface area contributed by atoms with Crippen LogP contribution in [0.4, 0.5) is 0 Å². The van der Waals surface area contributed by atoms with Gasteiger partial charge in [-0.15, -0.1) is 0 Å². The molecule has 0 saturated heterocycles. The van der Waals surface area contributed by atoms with Gasteiger partial charge in [0.25, 0.3) is 0 Å². The Balaban J connectivity index is 2.50. The van der Waals surface area contributed by atoms with Crippen LogP contribution in [0.25, 0.3) is 0 Å². The minimum Gasteiger partial charge on any atom is -0.392 e. The van der Waals surface area contributed by atoms with E-state index in [9.17, 15) is 5.11 Å². The molecule has 0 heterocycles. The third kappa shape index (κ3) is 4.12. The van der Waals surface area contributed by atoms with Gasteiger partial charge in [0.2, 0.25) is 0 Å². The SMILES string of the molecule is C[C@H](O)CN[C@@H]1CCCC[C@H]1C(C)(C)C. The van der Waals surface area contributed by atoms with E-state index in [1.807, 2.05) is 6.92 Å². The molecule has 1 fully saturated rings. The molecule has 2 nitrogen and oxygen atoms in total. The van der Waals surface area contributed by atoms with E-state index >= 15 is 0 Å². The van der Waals surface area contributed by atoms with Gasteiger partial charge in [0.05, 0.1) is 6.10 Å². The van der Waals surface area contributed by atoms with Crippen LogP contribution in [0.1, 0.15) is 53.4 Å². The summed E-state index contributed by atoms with van der Waals surface area (Å²) >= 11 is 0. The minimum absolute atomic E-state index is 0.229. The van der Waals surface area contributed by atoms with Crippen molar-refractivity contribution in [1.82, 2.24) is 5.32 Å². The first-order valence-electron chi connectivity index (χ1n) is 6.32. The highest BCUT2D eigenvalue weighted by Crippen LogP contribution is 2.37. The second-order valence-electron chi connectivity index (χ2n) is 6.12. The molecule has 0 aliphatic heterocycles. The van der Waals surface area contributed by atoms with Crippen LogP contribution in [-0.4, -0.2) is 23.8 Å². The van der Waals surface area contributed by atoms with Crippen molar-refractivity contribution in [3.8, 4) is 0 Å². The van der Waals surface area contributed by atoms with Gasteiger partial charge < -0.3 is 10.4 Å². The predicted molar refractivity (Wildman–Crippen MR) is 64.9 cm³/mol. The molecule has 0 aromatic rings. The number of aliphatic hydroxyl groups excluding tert-OH is 1. The van der Waals surface area contributed by atoms with E-state index < -0.39 is 0 Å². The van der Waals surface area contributed by atoms with Crippen LogP contribution in [-0.2, 0) is 0 Å². The zero-order valence-electron chi connectivity index (χ0n) is 10.7. The molecule has 2 N–H and O–H groups in total. The Labute approximate surface area is 94.5 Å². The van der Waals surface area contributed by atoms with Gasteiger partial charge in [-0.2, -0.15) is 0 Å². The quantitative estimate of drug-likeness (QED) is 0.755. The van der Waals surface area contributed by atoms with E-state index in [1.54, 1.807) is 0 Å². The minimum atomic E-state index is -0.229. The Bertz CT molecular complexity index is 183. The lowest BCUT2D eigenvalue weighted by Crippen LogP contribution is -2.46.